The van der Waals surface area contributed by atoms with E-state index in [1.807, 2.05) is 11.0 Å². The number of aliphatic carboxylic acids is 1. The van der Waals surface area contributed by atoms with Gasteiger partial charge >= 0.3 is 5.97 Å². The highest BCUT2D eigenvalue weighted by molar-refractivity contribution is 6.14. The quantitative estimate of drug-likeness (QED) is 0.768. The van der Waals surface area contributed by atoms with Gasteiger partial charge in [-0.15, -0.1) is 0 Å². The lowest BCUT2D eigenvalue weighted by atomic mass is 10.0. The maximum atomic E-state index is 12.8. The Kier molecular flexibility index (Phi) is 5.66. The fraction of sp³-hybridized carbons (Fsp3) is 0.286. The van der Waals surface area contributed by atoms with Crippen LogP contribution in [0.2, 0.25) is 0 Å². The topological polar surface area (TPSA) is 86.7 Å². The van der Waals surface area contributed by atoms with Crippen LogP contribution in [0.1, 0.15) is 29.3 Å². The summed E-state index contributed by atoms with van der Waals surface area (Å²) >= 11 is 0. The minimum absolute atomic E-state index is 0.161. The highest BCUT2D eigenvalue weighted by atomic mass is 16.4. The van der Waals surface area contributed by atoms with Crippen molar-refractivity contribution in [3.8, 4) is 0 Å². The van der Waals surface area contributed by atoms with Crippen LogP contribution in [0, 0.1) is 5.92 Å². The second-order valence-electron chi connectivity index (χ2n) is 6.72. The van der Waals surface area contributed by atoms with Gasteiger partial charge < -0.3 is 10.4 Å². The van der Waals surface area contributed by atoms with E-state index in [9.17, 15) is 14.4 Å². The van der Waals surface area contributed by atoms with E-state index < -0.39 is 17.9 Å². The molecule has 27 heavy (non-hydrogen) atoms. The number of anilines is 1. The molecule has 3 rings (SSSR count). The summed E-state index contributed by atoms with van der Waals surface area (Å²) in [5, 5.41) is 12.0. The third-order valence-corrected chi connectivity index (χ3v) is 4.96. The standard InChI is InChI=1S/C21H22N2O4/c1-14(23-12-11-16(13-23)21(26)27)20(25)22-18-10-6-5-9-17(18)19(24)15-7-3-2-4-8-15/h2-10,14,16H,11-13H2,1H3,(H,22,25)(H,26,27). The summed E-state index contributed by atoms with van der Waals surface area (Å²) in [5.41, 5.74) is 1.43. The van der Waals surface area contributed by atoms with E-state index in [1.54, 1.807) is 55.5 Å². The third kappa shape index (κ3) is 4.23. The molecular weight excluding hydrogens is 344 g/mol. The molecular formula is C21H22N2O4. The molecule has 0 aromatic heterocycles. The summed E-state index contributed by atoms with van der Waals surface area (Å²) in [4.78, 5) is 38.4. The number of benzene rings is 2. The van der Waals surface area contributed by atoms with Gasteiger partial charge in [-0.3, -0.25) is 19.3 Å². The molecule has 6 nitrogen and oxygen atoms in total. The van der Waals surface area contributed by atoms with Gasteiger partial charge in [0.1, 0.15) is 0 Å². The SMILES string of the molecule is CC(C(=O)Nc1ccccc1C(=O)c1ccccc1)N1CCC(C(=O)O)C1. The lowest BCUT2D eigenvalue weighted by molar-refractivity contribution is -0.141. The molecule has 1 saturated heterocycles. The Hall–Kier alpha value is -2.99. The van der Waals surface area contributed by atoms with Gasteiger partial charge in [0.05, 0.1) is 17.6 Å². The van der Waals surface area contributed by atoms with Crippen LogP contribution in [0.3, 0.4) is 0 Å². The number of carbonyl (C=O) groups is 3. The van der Waals surface area contributed by atoms with Gasteiger partial charge in [0, 0.05) is 17.7 Å². The predicted octanol–water partition coefficient (Wildman–Crippen LogP) is 2.65. The fourth-order valence-electron chi connectivity index (χ4n) is 3.28. The molecule has 2 aromatic rings. The van der Waals surface area contributed by atoms with Gasteiger partial charge in [0.15, 0.2) is 5.78 Å². The van der Waals surface area contributed by atoms with Crippen molar-refractivity contribution in [3.05, 3.63) is 65.7 Å². The van der Waals surface area contributed by atoms with Gasteiger partial charge in [0.25, 0.3) is 0 Å². The van der Waals surface area contributed by atoms with Crippen LogP contribution >= 0.6 is 0 Å². The minimum atomic E-state index is -0.830. The van der Waals surface area contributed by atoms with Crippen molar-refractivity contribution >= 4 is 23.3 Å². The Morgan fingerprint density at radius 2 is 1.74 bits per heavy atom. The minimum Gasteiger partial charge on any atom is -0.481 e. The highest BCUT2D eigenvalue weighted by Gasteiger charge is 2.33. The van der Waals surface area contributed by atoms with E-state index in [0.29, 0.717) is 36.3 Å². The van der Waals surface area contributed by atoms with Gasteiger partial charge in [-0.2, -0.15) is 0 Å². The molecule has 2 aromatic carbocycles. The van der Waals surface area contributed by atoms with Crippen LogP contribution in [-0.2, 0) is 9.59 Å². The number of amides is 1. The molecule has 0 spiro atoms. The van der Waals surface area contributed by atoms with Crippen molar-refractivity contribution in [1.82, 2.24) is 4.90 Å². The second-order valence-corrected chi connectivity index (χ2v) is 6.72. The largest absolute Gasteiger partial charge is 0.481 e. The average molecular weight is 366 g/mol. The zero-order valence-electron chi connectivity index (χ0n) is 15.1. The van der Waals surface area contributed by atoms with Crippen molar-refractivity contribution < 1.29 is 19.5 Å². The van der Waals surface area contributed by atoms with Gasteiger partial charge in [0.2, 0.25) is 5.91 Å². The molecule has 0 bridgehead atoms. The molecule has 1 heterocycles. The molecule has 0 radical (unpaired) electrons. The van der Waals surface area contributed by atoms with Gasteiger partial charge in [-0.25, -0.2) is 0 Å². The maximum Gasteiger partial charge on any atom is 0.307 e. The number of nitrogens with one attached hydrogen (secondary N) is 1. The molecule has 1 aliphatic heterocycles. The molecule has 2 atom stereocenters. The van der Waals surface area contributed by atoms with Crippen LogP contribution in [0.5, 0.6) is 0 Å². The Bertz CT molecular complexity index is 850. The number of carboxylic acids is 1. The summed E-state index contributed by atoms with van der Waals surface area (Å²) in [6.07, 6.45) is 0.538. The van der Waals surface area contributed by atoms with E-state index in [4.69, 9.17) is 5.11 Å². The maximum absolute atomic E-state index is 12.8. The molecule has 0 saturated carbocycles. The molecule has 2 unspecified atom stereocenters. The second kappa shape index (κ2) is 8.14. The first-order chi connectivity index (χ1) is 13.0. The molecule has 1 aliphatic rings. The third-order valence-electron chi connectivity index (χ3n) is 4.96. The van der Waals surface area contributed by atoms with Gasteiger partial charge in [-0.1, -0.05) is 42.5 Å². The first-order valence-corrected chi connectivity index (χ1v) is 8.94. The summed E-state index contributed by atoms with van der Waals surface area (Å²) in [6, 6.07) is 15.3. The van der Waals surface area contributed by atoms with Crippen molar-refractivity contribution in [2.24, 2.45) is 5.92 Å². The lowest BCUT2D eigenvalue weighted by Gasteiger charge is -2.23. The zero-order valence-corrected chi connectivity index (χ0v) is 15.1. The molecule has 1 fully saturated rings. The van der Waals surface area contributed by atoms with E-state index in [1.165, 1.54) is 0 Å². The smallest absolute Gasteiger partial charge is 0.307 e. The monoisotopic (exact) mass is 366 g/mol. The number of carbonyl (C=O) groups excluding carboxylic acids is 2. The molecule has 2 N–H and O–H groups in total. The van der Waals surface area contributed by atoms with Crippen molar-refractivity contribution in [3.63, 3.8) is 0 Å². The Labute approximate surface area is 157 Å². The zero-order chi connectivity index (χ0) is 19.4. The van der Waals surface area contributed by atoms with Crippen molar-refractivity contribution in [2.75, 3.05) is 18.4 Å². The number of rotatable bonds is 6. The fourth-order valence-corrected chi connectivity index (χ4v) is 3.28. The molecule has 6 heteroatoms. The van der Waals surface area contributed by atoms with E-state index in [0.717, 1.165) is 0 Å². The Morgan fingerprint density at radius 3 is 2.41 bits per heavy atom. The summed E-state index contributed by atoms with van der Waals surface area (Å²) in [7, 11) is 0. The number of ketones is 1. The number of nitrogens with zero attached hydrogens (tertiary/aromatic N) is 1. The van der Waals surface area contributed by atoms with Crippen LogP contribution in [-0.4, -0.2) is 46.8 Å². The Balaban J connectivity index is 1.73. The Morgan fingerprint density at radius 1 is 1.07 bits per heavy atom. The molecule has 1 amide bonds. The van der Waals surface area contributed by atoms with E-state index in [-0.39, 0.29) is 11.7 Å². The first kappa shape index (κ1) is 18.8. The van der Waals surface area contributed by atoms with Crippen molar-refractivity contribution in [1.29, 1.82) is 0 Å². The summed E-state index contributed by atoms with van der Waals surface area (Å²) < 4.78 is 0. The van der Waals surface area contributed by atoms with Crippen LogP contribution < -0.4 is 5.32 Å². The number of likely N-dealkylation sites (tertiary alicyclic amines) is 1. The first-order valence-electron chi connectivity index (χ1n) is 8.94. The van der Waals surface area contributed by atoms with Crippen LogP contribution in [0.25, 0.3) is 0 Å². The predicted molar refractivity (Wildman–Crippen MR) is 102 cm³/mol. The summed E-state index contributed by atoms with van der Waals surface area (Å²) in [6.45, 7) is 2.67. The number of hydrogen-bond acceptors (Lipinski definition) is 4. The number of hydrogen-bond donors (Lipinski definition) is 2. The lowest BCUT2D eigenvalue weighted by Crippen LogP contribution is -2.41. The normalized spacial score (nSPS) is 18.0. The van der Waals surface area contributed by atoms with Crippen LogP contribution in [0.4, 0.5) is 5.69 Å². The average Bonchev–Trinajstić information content (AvgIpc) is 3.18. The van der Waals surface area contributed by atoms with Crippen LogP contribution in [0.15, 0.2) is 54.6 Å². The highest BCUT2D eigenvalue weighted by Crippen LogP contribution is 2.22. The summed E-state index contributed by atoms with van der Waals surface area (Å²) in [5.74, 6) is -1.68. The number of para-hydroxylation sites is 1. The van der Waals surface area contributed by atoms with Gasteiger partial charge in [-0.05, 0) is 32.0 Å². The van der Waals surface area contributed by atoms with Crippen molar-refractivity contribution in [2.45, 2.75) is 19.4 Å². The van der Waals surface area contributed by atoms with E-state index in [2.05, 4.69) is 5.32 Å². The van der Waals surface area contributed by atoms with E-state index >= 15 is 0 Å². The molecule has 0 aliphatic carbocycles. The molecule has 140 valence electrons. The number of carboxylic acid groups (broad SMARTS) is 1.